The van der Waals surface area contributed by atoms with Crippen molar-refractivity contribution < 1.29 is 9.84 Å². The van der Waals surface area contributed by atoms with Gasteiger partial charge in [0.1, 0.15) is 0 Å². The Morgan fingerprint density at radius 1 is 1.33 bits per heavy atom. The summed E-state index contributed by atoms with van der Waals surface area (Å²) in [7, 11) is 2.02. The molecule has 0 heterocycles. The van der Waals surface area contributed by atoms with Crippen LogP contribution in [0.3, 0.4) is 0 Å². The fourth-order valence-electron chi connectivity index (χ4n) is 1.73. The number of hydrogen-bond acceptors (Lipinski definition) is 3. The van der Waals surface area contributed by atoms with E-state index in [1.165, 1.54) is 5.56 Å². The van der Waals surface area contributed by atoms with E-state index in [1.54, 1.807) is 0 Å². The molecule has 0 aliphatic carbocycles. The van der Waals surface area contributed by atoms with Crippen molar-refractivity contribution in [2.24, 2.45) is 0 Å². The predicted molar refractivity (Wildman–Crippen MR) is 77.8 cm³/mol. The fraction of sp³-hybridized carbons (Fsp3) is 0.571. The van der Waals surface area contributed by atoms with Gasteiger partial charge in [0.2, 0.25) is 0 Å². The first-order valence-electron chi connectivity index (χ1n) is 6.30. The lowest BCUT2D eigenvalue weighted by Gasteiger charge is -2.20. The Morgan fingerprint density at radius 2 is 2.00 bits per heavy atom. The van der Waals surface area contributed by atoms with Crippen LogP contribution in [0.25, 0.3) is 0 Å². The van der Waals surface area contributed by atoms with Gasteiger partial charge in [0.05, 0.1) is 12.7 Å². The SMILES string of the molecule is CCOCC(O)CN(C)CCc1ccc(Br)cc1. The standard InChI is InChI=1S/C14H22BrNO2/c1-3-18-11-14(17)10-16(2)9-8-12-4-6-13(15)7-5-12/h4-7,14,17H,3,8-11H2,1-2H3. The van der Waals surface area contributed by atoms with Crippen LogP contribution in [0.2, 0.25) is 0 Å². The smallest absolute Gasteiger partial charge is 0.0900 e. The summed E-state index contributed by atoms with van der Waals surface area (Å²) in [6.07, 6.45) is 0.588. The monoisotopic (exact) mass is 315 g/mol. The second-order valence-corrected chi connectivity index (χ2v) is 5.37. The highest BCUT2D eigenvalue weighted by Crippen LogP contribution is 2.11. The van der Waals surface area contributed by atoms with Crippen LogP contribution in [0, 0.1) is 0 Å². The number of rotatable bonds is 8. The van der Waals surface area contributed by atoms with Crippen LogP contribution in [-0.2, 0) is 11.2 Å². The van der Waals surface area contributed by atoms with Crippen LogP contribution in [0.15, 0.2) is 28.7 Å². The molecule has 1 rings (SSSR count). The molecule has 1 unspecified atom stereocenters. The van der Waals surface area contributed by atoms with E-state index in [2.05, 4.69) is 45.1 Å². The molecule has 1 N–H and O–H groups in total. The van der Waals surface area contributed by atoms with Crippen LogP contribution in [0.4, 0.5) is 0 Å². The van der Waals surface area contributed by atoms with Gasteiger partial charge in [0.25, 0.3) is 0 Å². The summed E-state index contributed by atoms with van der Waals surface area (Å²) in [5.74, 6) is 0. The van der Waals surface area contributed by atoms with Crippen molar-refractivity contribution in [2.75, 3.05) is 33.4 Å². The summed E-state index contributed by atoms with van der Waals surface area (Å²) >= 11 is 3.42. The van der Waals surface area contributed by atoms with Gasteiger partial charge in [-0.1, -0.05) is 28.1 Å². The third-order valence-corrected chi connectivity index (χ3v) is 3.26. The number of ether oxygens (including phenoxy) is 1. The molecule has 1 aromatic carbocycles. The average Bonchev–Trinajstić information content (AvgIpc) is 2.35. The zero-order valence-electron chi connectivity index (χ0n) is 11.1. The maximum absolute atomic E-state index is 9.71. The molecule has 0 aliphatic rings. The van der Waals surface area contributed by atoms with Crippen molar-refractivity contribution in [3.05, 3.63) is 34.3 Å². The third-order valence-electron chi connectivity index (χ3n) is 2.73. The van der Waals surface area contributed by atoms with Crippen molar-refractivity contribution in [1.82, 2.24) is 4.90 Å². The molecule has 0 saturated carbocycles. The van der Waals surface area contributed by atoms with Gasteiger partial charge in [-0.15, -0.1) is 0 Å². The molecule has 0 bridgehead atoms. The molecule has 0 spiro atoms. The van der Waals surface area contributed by atoms with Crippen molar-refractivity contribution in [3.8, 4) is 0 Å². The molecule has 3 nitrogen and oxygen atoms in total. The lowest BCUT2D eigenvalue weighted by atomic mass is 10.1. The summed E-state index contributed by atoms with van der Waals surface area (Å²) in [6.45, 7) is 4.59. The zero-order valence-corrected chi connectivity index (χ0v) is 12.7. The summed E-state index contributed by atoms with van der Waals surface area (Å²) in [6, 6.07) is 8.35. The van der Waals surface area contributed by atoms with Gasteiger partial charge in [-0.3, -0.25) is 0 Å². The number of hydrogen-bond donors (Lipinski definition) is 1. The molecular formula is C14H22BrNO2. The van der Waals surface area contributed by atoms with Crippen molar-refractivity contribution in [3.63, 3.8) is 0 Å². The highest BCUT2D eigenvalue weighted by atomic mass is 79.9. The van der Waals surface area contributed by atoms with E-state index in [0.29, 0.717) is 19.8 Å². The fourth-order valence-corrected chi connectivity index (χ4v) is 1.99. The molecule has 1 aromatic rings. The number of likely N-dealkylation sites (N-methyl/N-ethyl adjacent to an activating group) is 1. The van der Waals surface area contributed by atoms with E-state index < -0.39 is 6.10 Å². The largest absolute Gasteiger partial charge is 0.389 e. The predicted octanol–water partition coefficient (Wildman–Crippen LogP) is 2.32. The lowest BCUT2D eigenvalue weighted by molar-refractivity contribution is 0.0257. The summed E-state index contributed by atoms with van der Waals surface area (Å²) < 4.78 is 6.29. The molecule has 0 fully saturated rings. The maximum atomic E-state index is 9.71. The molecular weight excluding hydrogens is 294 g/mol. The van der Waals surface area contributed by atoms with Gasteiger partial charge in [-0.2, -0.15) is 0 Å². The average molecular weight is 316 g/mol. The molecule has 0 aromatic heterocycles. The van der Waals surface area contributed by atoms with Crippen molar-refractivity contribution >= 4 is 15.9 Å². The number of nitrogens with zero attached hydrogens (tertiary/aromatic N) is 1. The first-order chi connectivity index (χ1) is 8.61. The van der Waals surface area contributed by atoms with Crippen LogP contribution in [0.1, 0.15) is 12.5 Å². The van der Waals surface area contributed by atoms with E-state index >= 15 is 0 Å². The minimum absolute atomic E-state index is 0.403. The third kappa shape index (κ3) is 6.50. The summed E-state index contributed by atoms with van der Waals surface area (Å²) in [4.78, 5) is 2.13. The molecule has 4 heteroatoms. The Kier molecular flexibility index (Phi) is 7.51. The van der Waals surface area contributed by atoms with Crippen LogP contribution >= 0.6 is 15.9 Å². The number of aliphatic hydroxyl groups is 1. The van der Waals surface area contributed by atoms with E-state index in [1.807, 2.05) is 14.0 Å². The normalized spacial score (nSPS) is 12.9. The molecule has 0 radical (unpaired) electrons. The van der Waals surface area contributed by atoms with E-state index in [0.717, 1.165) is 17.4 Å². The van der Waals surface area contributed by atoms with E-state index in [-0.39, 0.29) is 0 Å². The zero-order chi connectivity index (χ0) is 13.4. The minimum atomic E-state index is -0.403. The van der Waals surface area contributed by atoms with E-state index in [9.17, 15) is 5.11 Å². The van der Waals surface area contributed by atoms with Gasteiger partial charge in [0, 0.05) is 24.2 Å². The van der Waals surface area contributed by atoms with Gasteiger partial charge in [-0.05, 0) is 38.1 Å². The second kappa shape index (κ2) is 8.64. The Balaban J connectivity index is 2.24. The first-order valence-corrected chi connectivity index (χ1v) is 7.10. The van der Waals surface area contributed by atoms with Gasteiger partial charge in [0.15, 0.2) is 0 Å². The van der Waals surface area contributed by atoms with Crippen LogP contribution < -0.4 is 0 Å². The molecule has 1 atom stereocenters. The topological polar surface area (TPSA) is 32.7 Å². The summed E-state index contributed by atoms with van der Waals surface area (Å²) in [5, 5.41) is 9.71. The molecule has 0 aliphatic heterocycles. The van der Waals surface area contributed by atoms with Crippen molar-refractivity contribution in [2.45, 2.75) is 19.4 Å². The first kappa shape index (κ1) is 15.6. The number of halogens is 1. The summed E-state index contributed by atoms with van der Waals surface area (Å²) in [5.41, 5.74) is 1.31. The Bertz CT molecular complexity index is 329. The highest BCUT2D eigenvalue weighted by Gasteiger charge is 2.08. The Labute approximate surface area is 118 Å². The van der Waals surface area contributed by atoms with Crippen LogP contribution in [-0.4, -0.2) is 49.5 Å². The maximum Gasteiger partial charge on any atom is 0.0900 e. The highest BCUT2D eigenvalue weighted by molar-refractivity contribution is 9.10. The van der Waals surface area contributed by atoms with Gasteiger partial charge < -0.3 is 14.7 Å². The molecule has 18 heavy (non-hydrogen) atoms. The Hall–Kier alpha value is -0.420. The number of aliphatic hydroxyl groups excluding tert-OH is 1. The second-order valence-electron chi connectivity index (χ2n) is 4.45. The van der Waals surface area contributed by atoms with Gasteiger partial charge in [-0.25, -0.2) is 0 Å². The van der Waals surface area contributed by atoms with Gasteiger partial charge >= 0.3 is 0 Å². The van der Waals surface area contributed by atoms with Crippen molar-refractivity contribution in [1.29, 1.82) is 0 Å². The minimum Gasteiger partial charge on any atom is -0.389 e. The lowest BCUT2D eigenvalue weighted by Crippen LogP contribution is -2.33. The molecule has 0 saturated heterocycles. The van der Waals surface area contributed by atoms with Crippen LogP contribution in [0.5, 0.6) is 0 Å². The number of benzene rings is 1. The quantitative estimate of drug-likeness (QED) is 0.799. The molecule has 102 valence electrons. The van der Waals surface area contributed by atoms with E-state index in [4.69, 9.17) is 4.74 Å². The Morgan fingerprint density at radius 3 is 2.61 bits per heavy atom. The molecule has 0 amide bonds.